The molecule has 2 aliphatic rings. The summed E-state index contributed by atoms with van der Waals surface area (Å²) in [6.45, 7) is 11.8. The average molecular weight is 599 g/mol. The minimum atomic E-state index is -4.39. The van der Waals surface area contributed by atoms with Crippen molar-refractivity contribution in [2.45, 2.75) is 62.2 Å². The van der Waals surface area contributed by atoms with Crippen LogP contribution in [0.15, 0.2) is 87.3 Å². The van der Waals surface area contributed by atoms with E-state index in [2.05, 4.69) is 4.99 Å². The molecule has 0 spiro atoms. The molecule has 4 rings (SSSR count). The van der Waals surface area contributed by atoms with E-state index >= 15 is 0 Å². The Morgan fingerprint density at radius 3 is 2.02 bits per heavy atom. The van der Waals surface area contributed by atoms with Gasteiger partial charge in [0.15, 0.2) is 0 Å². The number of rotatable bonds is 8. The summed E-state index contributed by atoms with van der Waals surface area (Å²) in [5, 5.41) is 0. The van der Waals surface area contributed by atoms with Gasteiger partial charge in [-0.2, -0.15) is 16.8 Å². The van der Waals surface area contributed by atoms with Gasteiger partial charge in [-0.1, -0.05) is 59.8 Å². The Hall–Kier alpha value is -3.38. The molecule has 2 aliphatic heterocycles. The highest BCUT2D eigenvalue weighted by Crippen LogP contribution is 2.49. The molecule has 0 bridgehead atoms. The van der Waals surface area contributed by atoms with Crippen LogP contribution in [0.3, 0.4) is 0 Å². The van der Waals surface area contributed by atoms with Gasteiger partial charge in [-0.15, -0.1) is 0 Å². The predicted molar refractivity (Wildman–Crippen MR) is 159 cm³/mol. The summed E-state index contributed by atoms with van der Waals surface area (Å²) in [6.07, 6.45) is 10.1. The van der Waals surface area contributed by atoms with E-state index in [4.69, 9.17) is 0 Å². The molecule has 2 aromatic carbocycles. The molecule has 0 unspecified atom stereocenters. The maximum Gasteiger partial charge on any atom is 0.294 e. The molecule has 0 saturated heterocycles. The van der Waals surface area contributed by atoms with Gasteiger partial charge >= 0.3 is 0 Å². The second-order valence-corrected chi connectivity index (χ2v) is 14.9. The quantitative estimate of drug-likeness (QED) is 0.228. The Bertz CT molecular complexity index is 1760. The van der Waals surface area contributed by atoms with Crippen molar-refractivity contribution in [2.24, 2.45) is 10.4 Å². The van der Waals surface area contributed by atoms with E-state index in [-0.39, 0.29) is 9.79 Å². The third kappa shape index (κ3) is 5.85. The fourth-order valence-corrected chi connectivity index (χ4v) is 6.23. The van der Waals surface area contributed by atoms with Crippen LogP contribution in [0.5, 0.6) is 0 Å². The summed E-state index contributed by atoms with van der Waals surface area (Å²) >= 11 is 0. The number of fused-ring (bicyclic) bond motifs is 2. The van der Waals surface area contributed by atoms with Crippen LogP contribution < -0.4 is 4.90 Å². The van der Waals surface area contributed by atoms with Crippen LogP contribution >= 0.6 is 0 Å². The lowest BCUT2D eigenvalue weighted by atomic mass is 9.81. The SMILES string of the molecule is CC(C)(C=O)CN1/C(=C/C=C/C=C/C2=Nc3ccc(S(=O)(=O)O)cc3C2(C)C)C(C)(C)c2cc(S(=O)(=O)O)ccc21. The normalized spacial score (nSPS) is 19.2. The predicted octanol–water partition coefficient (Wildman–Crippen LogP) is 5.56. The van der Waals surface area contributed by atoms with Gasteiger partial charge in [0.05, 0.1) is 21.2 Å². The molecular formula is C30H34N2O7S2. The van der Waals surface area contributed by atoms with Gasteiger partial charge in [-0.25, -0.2) is 0 Å². The van der Waals surface area contributed by atoms with Gasteiger partial charge in [-0.3, -0.25) is 14.1 Å². The summed E-state index contributed by atoms with van der Waals surface area (Å²) in [7, 11) is -8.73. The Morgan fingerprint density at radius 2 is 1.44 bits per heavy atom. The van der Waals surface area contributed by atoms with Gasteiger partial charge in [0.2, 0.25) is 0 Å². The van der Waals surface area contributed by atoms with Crippen LogP contribution in [0.25, 0.3) is 0 Å². The standard InChI is InChI=1S/C30H34N2O7S2/c1-28(2,19-33)18-32-25-15-13-21(41(37,38)39)17-23(25)30(5,6)27(32)11-9-7-8-10-26-29(3,4)22-16-20(40(34,35)36)12-14-24(22)31-26/h7-17,19H,18H2,1-6H3,(H,34,35,36)(H,37,38,39)/b9-7+,10-8+,27-11+. The Morgan fingerprint density at radius 1 is 0.854 bits per heavy atom. The molecule has 0 saturated carbocycles. The van der Waals surface area contributed by atoms with E-state index in [1.807, 2.05) is 76.8 Å². The number of hydrogen-bond acceptors (Lipinski definition) is 7. The van der Waals surface area contributed by atoms with E-state index in [0.29, 0.717) is 23.4 Å². The van der Waals surface area contributed by atoms with Crippen LogP contribution in [0, 0.1) is 5.41 Å². The van der Waals surface area contributed by atoms with Gasteiger partial charge < -0.3 is 9.69 Å². The zero-order valence-corrected chi connectivity index (χ0v) is 25.4. The van der Waals surface area contributed by atoms with E-state index in [0.717, 1.165) is 23.4 Å². The zero-order chi connectivity index (χ0) is 30.6. The number of anilines is 1. The van der Waals surface area contributed by atoms with Crippen molar-refractivity contribution in [3.8, 4) is 0 Å². The van der Waals surface area contributed by atoms with E-state index in [1.165, 1.54) is 24.3 Å². The highest BCUT2D eigenvalue weighted by atomic mass is 32.2. The molecule has 41 heavy (non-hydrogen) atoms. The van der Waals surface area contributed by atoms with E-state index < -0.39 is 36.5 Å². The van der Waals surface area contributed by atoms with Crippen molar-refractivity contribution in [2.75, 3.05) is 11.4 Å². The molecular weight excluding hydrogens is 564 g/mol. The summed E-state index contributed by atoms with van der Waals surface area (Å²) in [5.41, 5.74) is 2.48. The lowest BCUT2D eigenvalue weighted by Crippen LogP contribution is -2.35. The summed E-state index contributed by atoms with van der Waals surface area (Å²) in [6, 6.07) is 8.82. The molecule has 11 heteroatoms. The molecule has 2 aromatic rings. The topological polar surface area (TPSA) is 141 Å². The average Bonchev–Trinajstić information content (AvgIpc) is 3.23. The van der Waals surface area contributed by atoms with Gasteiger partial charge in [0.25, 0.3) is 20.2 Å². The molecule has 218 valence electrons. The number of hydrogen-bond donors (Lipinski definition) is 2. The van der Waals surface area contributed by atoms with Crippen LogP contribution in [0.4, 0.5) is 11.4 Å². The number of nitrogens with zero attached hydrogens (tertiary/aromatic N) is 2. The summed E-state index contributed by atoms with van der Waals surface area (Å²) in [5.74, 6) is 0. The first-order valence-corrected chi connectivity index (χ1v) is 15.8. The lowest BCUT2D eigenvalue weighted by molar-refractivity contribution is -0.114. The minimum Gasteiger partial charge on any atom is -0.343 e. The number of carbonyl (C=O) groups excluding carboxylic acids is 1. The van der Waals surface area contributed by atoms with Crippen LogP contribution in [0.1, 0.15) is 52.7 Å². The fourth-order valence-electron chi connectivity index (χ4n) is 5.21. The molecule has 0 aliphatic carbocycles. The largest absolute Gasteiger partial charge is 0.343 e. The molecule has 2 N–H and O–H groups in total. The zero-order valence-electron chi connectivity index (χ0n) is 23.8. The van der Waals surface area contributed by atoms with Crippen molar-refractivity contribution in [3.63, 3.8) is 0 Å². The summed E-state index contributed by atoms with van der Waals surface area (Å²) < 4.78 is 65.9. The number of aldehydes is 1. The molecule has 0 amide bonds. The Kier molecular flexibility index (Phi) is 7.58. The Balaban J connectivity index is 1.65. The first kappa shape index (κ1) is 30.6. The minimum absolute atomic E-state index is 0.178. The third-order valence-corrected chi connectivity index (χ3v) is 9.30. The van der Waals surface area contributed by atoms with Crippen molar-refractivity contribution < 1.29 is 30.7 Å². The Labute approximate surface area is 241 Å². The van der Waals surface area contributed by atoms with Crippen LogP contribution in [-0.4, -0.2) is 44.5 Å². The van der Waals surface area contributed by atoms with E-state index in [9.17, 15) is 30.7 Å². The molecule has 0 fully saturated rings. The second kappa shape index (κ2) is 10.2. The van der Waals surface area contributed by atoms with Crippen molar-refractivity contribution in [3.05, 3.63) is 83.6 Å². The van der Waals surface area contributed by atoms with Gasteiger partial charge in [-0.05, 0) is 59.7 Å². The lowest BCUT2D eigenvalue weighted by Gasteiger charge is -2.31. The number of allylic oxidation sites excluding steroid dienone is 6. The van der Waals surface area contributed by atoms with Gasteiger partial charge in [0, 0.05) is 34.2 Å². The fraction of sp³-hybridized carbons (Fsp3) is 0.333. The van der Waals surface area contributed by atoms with Crippen LogP contribution in [-0.2, 0) is 35.9 Å². The first-order chi connectivity index (χ1) is 18.8. The highest BCUT2D eigenvalue weighted by molar-refractivity contribution is 7.86. The number of carbonyl (C=O) groups is 1. The first-order valence-electron chi connectivity index (χ1n) is 12.9. The van der Waals surface area contributed by atoms with Crippen molar-refractivity contribution >= 4 is 43.6 Å². The molecule has 0 radical (unpaired) electrons. The molecule has 9 nitrogen and oxygen atoms in total. The maximum atomic E-state index is 11.8. The maximum absolute atomic E-state index is 11.8. The van der Waals surface area contributed by atoms with Crippen molar-refractivity contribution in [1.29, 1.82) is 0 Å². The third-order valence-electron chi connectivity index (χ3n) is 7.60. The highest BCUT2D eigenvalue weighted by Gasteiger charge is 2.42. The number of aliphatic imine (C=N–C) groups is 1. The van der Waals surface area contributed by atoms with E-state index in [1.54, 1.807) is 12.1 Å². The number of benzene rings is 2. The molecule has 0 atom stereocenters. The monoisotopic (exact) mass is 598 g/mol. The van der Waals surface area contributed by atoms with Gasteiger partial charge in [0.1, 0.15) is 6.29 Å². The molecule has 2 heterocycles. The second-order valence-electron chi connectivity index (χ2n) is 12.0. The summed E-state index contributed by atoms with van der Waals surface area (Å²) in [4.78, 5) is 18.0. The van der Waals surface area contributed by atoms with Crippen molar-refractivity contribution in [1.82, 2.24) is 0 Å². The smallest absolute Gasteiger partial charge is 0.294 e. The molecule has 0 aromatic heterocycles. The van der Waals surface area contributed by atoms with Crippen LogP contribution in [0.2, 0.25) is 0 Å².